The van der Waals surface area contributed by atoms with Gasteiger partial charge in [-0.05, 0) is 43.2 Å². The van der Waals surface area contributed by atoms with Gasteiger partial charge in [-0.1, -0.05) is 24.8 Å². The number of aromatic nitrogens is 1. The fourth-order valence-electron chi connectivity index (χ4n) is 3.69. The largest absolute Gasteiger partial charge is 0.433 e. The van der Waals surface area contributed by atoms with Crippen LogP contribution in [0.3, 0.4) is 0 Å². The highest BCUT2D eigenvalue weighted by atomic mass is 32.2. The Morgan fingerprint density at radius 1 is 1.22 bits per heavy atom. The maximum atomic E-state index is 14.7. The monoisotopic (exact) mass is 524 g/mol. The fourth-order valence-corrected chi connectivity index (χ4v) is 4.27. The van der Waals surface area contributed by atoms with Crippen molar-refractivity contribution in [2.24, 2.45) is 0 Å². The van der Waals surface area contributed by atoms with Crippen molar-refractivity contribution in [2.45, 2.75) is 44.2 Å². The molecule has 1 aromatic carbocycles. The lowest BCUT2D eigenvalue weighted by Gasteiger charge is -2.17. The first kappa shape index (κ1) is 27.0. The van der Waals surface area contributed by atoms with Crippen LogP contribution < -0.4 is 15.4 Å². The number of terminal acetylenes is 1. The summed E-state index contributed by atoms with van der Waals surface area (Å²) in [6.07, 6.45) is 5.43. The van der Waals surface area contributed by atoms with Crippen LogP contribution in [0, 0.1) is 12.3 Å². The number of hydrogen-bond acceptors (Lipinski definition) is 5. The summed E-state index contributed by atoms with van der Waals surface area (Å²) in [6.45, 7) is 0. The zero-order valence-electron chi connectivity index (χ0n) is 19.2. The van der Waals surface area contributed by atoms with Crippen LogP contribution in [0.25, 0.3) is 6.08 Å². The Labute approximate surface area is 206 Å². The molecule has 12 heteroatoms. The number of carbonyl (C=O) groups excluding carboxylic acids is 1. The molecule has 36 heavy (non-hydrogen) atoms. The van der Waals surface area contributed by atoms with Gasteiger partial charge in [-0.3, -0.25) is 9.52 Å². The predicted molar refractivity (Wildman–Crippen MR) is 129 cm³/mol. The molecule has 1 unspecified atom stereocenters. The van der Waals surface area contributed by atoms with Crippen LogP contribution in [0.15, 0.2) is 36.4 Å². The minimum absolute atomic E-state index is 0.00907. The predicted octanol–water partition coefficient (Wildman–Crippen LogP) is 4.61. The third-order valence-corrected chi connectivity index (χ3v) is 5.97. The van der Waals surface area contributed by atoms with Gasteiger partial charge in [0.25, 0.3) is 0 Å². The van der Waals surface area contributed by atoms with Crippen molar-refractivity contribution in [1.82, 2.24) is 10.3 Å². The molecule has 0 saturated heterocycles. The molecule has 1 amide bonds. The van der Waals surface area contributed by atoms with Crippen molar-refractivity contribution in [3.8, 4) is 12.3 Å². The van der Waals surface area contributed by atoms with Crippen LogP contribution in [0.4, 0.5) is 29.1 Å². The number of anilines is 2. The number of hydrogen-bond donors (Lipinski definition) is 3. The zero-order valence-corrected chi connectivity index (χ0v) is 20.0. The molecule has 1 aliphatic rings. The number of benzene rings is 1. The van der Waals surface area contributed by atoms with Crippen LogP contribution in [0.2, 0.25) is 0 Å². The number of carbonyl (C=O) groups is 1. The summed E-state index contributed by atoms with van der Waals surface area (Å²) in [5.74, 6) is 1.39. The van der Waals surface area contributed by atoms with Crippen LogP contribution in [0.1, 0.15) is 54.4 Å². The Kier molecular flexibility index (Phi) is 8.24. The molecule has 3 N–H and O–H groups in total. The molecule has 0 bridgehead atoms. The molecule has 3 rings (SSSR count). The number of halogens is 4. The lowest BCUT2D eigenvalue weighted by molar-refractivity contribution is -0.141. The fraction of sp³-hybridized carbons (Fsp3) is 0.333. The van der Waals surface area contributed by atoms with Crippen molar-refractivity contribution in [2.75, 3.05) is 16.3 Å². The minimum Gasteiger partial charge on any atom is -0.367 e. The van der Waals surface area contributed by atoms with Gasteiger partial charge in [0.15, 0.2) is 6.30 Å². The Morgan fingerprint density at radius 3 is 2.53 bits per heavy atom. The van der Waals surface area contributed by atoms with Gasteiger partial charge >= 0.3 is 6.18 Å². The molecule has 1 heterocycles. The normalized spacial score (nSPS) is 15.4. The molecule has 1 saturated carbocycles. The smallest absolute Gasteiger partial charge is 0.367 e. The van der Waals surface area contributed by atoms with Gasteiger partial charge in [0, 0.05) is 28.8 Å². The van der Waals surface area contributed by atoms with Gasteiger partial charge in [-0.15, -0.1) is 6.42 Å². The summed E-state index contributed by atoms with van der Waals surface area (Å²) < 4.78 is 79.2. The van der Waals surface area contributed by atoms with Gasteiger partial charge in [-0.25, -0.2) is 17.8 Å². The summed E-state index contributed by atoms with van der Waals surface area (Å²) in [6, 6.07) is 5.72. The number of nitrogens with one attached hydrogen (secondary N) is 3. The molecular formula is C24H24F4N4O3S. The first-order valence-corrected chi connectivity index (χ1v) is 12.8. The van der Waals surface area contributed by atoms with E-state index in [0.717, 1.165) is 44.1 Å². The third kappa shape index (κ3) is 7.45. The topological polar surface area (TPSA) is 100 Å². The number of rotatable bonds is 8. The van der Waals surface area contributed by atoms with Crippen LogP contribution in [0.5, 0.6) is 0 Å². The standard InChI is InChI=1S/C24H24F4N4O3S/c1-3-15-14-17(8-11-19(15)32-36(2,34)35)22(25)31-21(33)13-10-16-9-12-20(24(26,27)28)30-23(16)29-18-6-4-5-7-18/h1,8-14,18,22,32H,4-7H2,2H3,(H,29,30)(H,31,33). The number of amides is 1. The molecule has 7 nitrogen and oxygen atoms in total. The molecular weight excluding hydrogens is 500 g/mol. The Balaban J connectivity index is 1.75. The van der Waals surface area contributed by atoms with Crippen molar-refractivity contribution in [1.29, 1.82) is 0 Å². The highest BCUT2D eigenvalue weighted by molar-refractivity contribution is 7.92. The zero-order chi connectivity index (χ0) is 26.5. The van der Waals surface area contributed by atoms with Crippen LogP contribution >= 0.6 is 0 Å². The molecule has 0 aliphatic heterocycles. The molecule has 192 valence electrons. The van der Waals surface area contributed by atoms with E-state index in [9.17, 15) is 30.8 Å². The highest BCUT2D eigenvalue weighted by Crippen LogP contribution is 2.31. The van der Waals surface area contributed by atoms with E-state index in [0.29, 0.717) is 0 Å². The van der Waals surface area contributed by atoms with E-state index in [1.807, 2.05) is 0 Å². The SMILES string of the molecule is C#Cc1cc(C(F)NC(=O)C=Cc2ccc(C(F)(F)F)nc2NC2CCCC2)ccc1NS(C)(=O)=O. The van der Waals surface area contributed by atoms with E-state index in [1.165, 1.54) is 30.3 Å². The summed E-state index contributed by atoms with van der Waals surface area (Å²) in [5.41, 5.74) is -0.690. The lowest BCUT2D eigenvalue weighted by atomic mass is 10.1. The average Bonchev–Trinajstić information content (AvgIpc) is 3.29. The van der Waals surface area contributed by atoms with Crippen LogP contribution in [-0.4, -0.2) is 31.6 Å². The summed E-state index contributed by atoms with van der Waals surface area (Å²) >= 11 is 0. The van der Waals surface area contributed by atoms with E-state index in [1.54, 1.807) is 0 Å². The lowest BCUT2D eigenvalue weighted by Crippen LogP contribution is -2.24. The number of nitrogens with zero attached hydrogens (tertiary/aromatic N) is 1. The molecule has 1 aliphatic carbocycles. The molecule has 1 atom stereocenters. The summed E-state index contributed by atoms with van der Waals surface area (Å²) in [4.78, 5) is 16.0. The second-order valence-corrected chi connectivity index (χ2v) is 10.0. The molecule has 1 fully saturated rings. The first-order chi connectivity index (χ1) is 16.9. The Hall–Kier alpha value is -3.59. The highest BCUT2D eigenvalue weighted by Gasteiger charge is 2.33. The third-order valence-electron chi connectivity index (χ3n) is 5.38. The van der Waals surface area contributed by atoms with Crippen molar-refractivity contribution >= 4 is 33.5 Å². The maximum absolute atomic E-state index is 14.7. The first-order valence-electron chi connectivity index (χ1n) is 10.9. The number of alkyl halides is 4. The van der Waals surface area contributed by atoms with Crippen molar-refractivity contribution < 1.29 is 30.8 Å². The quantitative estimate of drug-likeness (QED) is 0.203. The Bertz CT molecular complexity index is 1300. The van der Waals surface area contributed by atoms with E-state index < -0.39 is 34.1 Å². The van der Waals surface area contributed by atoms with Gasteiger partial charge in [0.1, 0.15) is 11.5 Å². The molecule has 2 aromatic rings. The maximum Gasteiger partial charge on any atom is 0.433 e. The van der Waals surface area contributed by atoms with E-state index in [2.05, 4.69) is 26.3 Å². The second kappa shape index (κ2) is 11.0. The van der Waals surface area contributed by atoms with Crippen molar-refractivity contribution in [3.63, 3.8) is 0 Å². The molecule has 1 aromatic heterocycles. The minimum atomic E-state index is -4.63. The van der Waals surface area contributed by atoms with Gasteiger partial charge in [0.2, 0.25) is 15.9 Å². The number of sulfonamides is 1. The second-order valence-electron chi connectivity index (χ2n) is 8.29. The van der Waals surface area contributed by atoms with Crippen molar-refractivity contribution in [3.05, 3.63) is 58.8 Å². The summed E-state index contributed by atoms with van der Waals surface area (Å²) in [5, 5.41) is 5.10. The Morgan fingerprint density at radius 2 is 1.92 bits per heavy atom. The van der Waals surface area contributed by atoms with Gasteiger partial charge in [0.05, 0.1) is 11.9 Å². The molecule has 0 spiro atoms. The van der Waals surface area contributed by atoms with E-state index in [4.69, 9.17) is 6.42 Å². The van der Waals surface area contributed by atoms with Crippen LogP contribution in [-0.2, 0) is 21.0 Å². The van der Waals surface area contributed by atoms with Gasteiger partial charge < -0.3 is 10.6 Å². The van der Waals surface area contributed by atoms with E-state index in [-0.39, 0.29) is 34.2 Å². The summed E-state index contributed by atoms with van der Waals surface area (Å²) in [7, 11) is -3.61. The average molecular weight is 525 g/mol. The van der Waals surface area contributed by atoms with E-state index >= 15 is 0 Å². The molecule has 0 radical (unpaired) electrons. The van der Waals surface area contributed by atoms with Gasteiger partial charge in [-0.2, -0.15) is 13.2 Å². The number of pyridine rings is 1.